The molecule has 0 saturated carbocycles. The first-order valence-corrected chi connectivity index (χ1v) is 11.0. The number of aromatic nitrogens is 1. The molecule has 0 spiro atoms. The molecule has 146 valence electrons. The van der Waals surface area contributed by atoms with Crippen LogP contribution in [-0.2, 0) is 6.42 Å². The van der Waals surface area contributed by atoms with Gasteiger partial charge in [-0.3, -0.25) is 0 Å². The van der Waals surface area contributed by atoms with E-state index < -0.39 is 0 Å². The molecule has 0 unspecified atom stereocenters. The van der Waals surface area contributed by atoms with Crippen molar-refractivity contribution in [2.24, 2.45) is 0 Å². The Bertz CT molecular complexity index is 1090. The van der Waals surface area contributed by atoms with Gasteiger partial charge in [0.25, 0.3) is 0 Å². The summed E-state index contributed by atoms with van der Waals surface area (Å²) >= 11 is 5.12. The van der Waals surface area contributed by atoms with Crippen LogP contribution in [0.5, 0.6) is 5.75 Å². The third-order valence-corrected chi connectivity index (χ3v) is 6.38. The molecule has 1 atom stereocenters. The average molecular weight is 465 g/mol. The van der Waals surface area contributed by atoms with E-state index in [1.165, 1.54) is 33.6 Å². The van der Waals surface area contributed by atoms with Crippen molar-refractivity contribution in [3.63, 3.8) is 0 Å². The summed E-state index contributed by atoms with van der Waals surface area (Å²) < 4.78 is 6.40. The predicted molar refractivity (Wildman–Crippen MR) is 125 cm³/mol. The number of hydrogen-bond donors (Lipinski definition) is 1. The number of anilines is 1. The van der Waals surface area contributed by atoms with E-state index in [2.05, 4.69) is 80.9 Å². The first kappa shape index (κ1) is 19.7. The minimum atomic E-state index is 0.142. The lowest BCUT2D eigenvalue weighted by Gasteiger charge is -2.17. The van der Waals surface area contributed by atoms with Crippen molar-refractivity contribution in [2.75, 3.05) is 12.8 Å². The summed E-state index contributed by atoms with van der Waals surface area (Å²) in [6.45, 7) is 0. The van der Waals surface area contributed by atoms with Gasteiger partial charge in [0.1, 0.15) is 5.75 Å². The summed E-state index contributed by atoms with van der Waals surface area (Å²) in [5.74, 6) is 0.992. The zero-order valence-electron chi connectivity index (χ0n) is 16.0. The van der Waals surface area contributed by atoms with Gasteiger partial charge in [0.2, 0.25) is 0 Å². The summed E-state index contributed by atoms with van der Waals surface area (Å²) in [6.07, 6.45) is 0.853. The second kappa shape index (κ2) is 8.80. The molecule has 0 fully saturated rings. The number of nitrogen functional groups attached to an aromatic ring is 1. The Morgan fingerprint density at radius 3 is 2.34 bits per heavy atom. The Morgan fingerprint density at radius 1 is 1.00 bits per heavy atom. The Hall–Kier alpha value is -2.63. The monoisotopic (exact) mass is 464 g/mol. The second-order valence-electron chi connectivity index (χ2n) is 6.82. The first-order chi connectivity index (χ1) is 14.1. The van der Waals surface area contributed by atoms with E-state index >= 15 is 0 Å². The fraction of sp³-hybridized carbons (Fsp3) is 0.125. The number of thiazole rings is 1. The SMILES string of the molecule is COc1ccc([C@H](Cc2ccc(-c3ccccc3Br)cc2)c2csc(N)n2)cc1. The number of rotatable bonds is 6. The quantitative estimate of drug-likeness (QED) is 0.352. The third kappa shape index (κ3) is 4.52. The van der Waals surface area contributed by atoms with Gasteiger partial charge < -0.3 is 10.5 Å². The summed E-state index contributed by atoms with van der Waals surface area (Å²) in [5, 5.41) is 2.66. The molecule has 3 nitrogen and oxygen atoms in total. The largest absolute Gasteiger partial charge is 0.497 e. The minimum absolute atomic E-state index is 0.142. The molecule has 0 aliphatic carbocycles. The van der Waals surface area contributed by atoms with Crippen LogP contribution in [0.3, 0.4) is 0 Å². The lowest BCUT2D eigenvalue weighted by Crippen LogP contribution is -2.06. The van der Waals surface area contributed by atoms with Gasteiger partial charge >= 0.3 is 0 Å². The van der Waals surface area contributed by atoms with Crippen LogP contribution in [0.1, 0.15) is 22.7 Å². The smallest absolute Gasteiger partial charge is 0.180 e. The maximum Gasteiger partial charge on any atom is 0.180 e. The topological polar surface area (TPSA) is 48.1 Å². The number of nitrogens with zero attached hydrogens (tertiary/aromatic N) is 1. The van der Waals surface area contributed by atoms with Gasteiger partial charge in [-0.2, -0.15) is 0 Å². The molecule has 0 saturated heterocycles. The average Bonchev–Trinajstić information content (AvgIpc) is 3.19. The highest BCUT2D eigenvalue weighted by molar-refractivity contribution is 9.10. The molecule has 4 rings (SSSR count). The first-order valence-electron chi connectivity index (χ1n) is 9.32. The van der Waals surface area contributed by atoms with E-state index in [1.807, 2.05) is 18.2 Å². The van der Waals surface area contributed by atoms with Gasteiger partial charge in [0.05, 0.1) is 12.8 Å². The molecule has 4 aromatic rings. The van der Waals surface area contributed by atoms with E-state index in [9.17, 15) is 0 Å². The van der Waals surface area contributed by atoms with Gasteiger partial charge in [0, 0.05) is 15.8 Å². The van der Waals surface area contributed by atoms with Crippen LogP contribution in [0, 0.1) is 0 Å². The molecule has 29 heavy (non-hydrogen) atoms. The van der Waals surface area contributed by atoms with Crippen molar-refractivity contribution in [2.45, 2.75) is 12.3 Å². The van der Waals surface area contributed by atoms with Gasteiger partial charge in [-0.05, 0) is 46.9 Å². The maximum absolute atomic E-state index is 5.91. The van der Waals surface area contributed by atoms with E-state index in [-0.39, 0.29) is 5.92 Å². The molecule has 5 heteroatoms. The molecular weight excluding hydrogens is 444 g/mol. The molecule has 0 amide bonds. The molecule has 3 aromatic carbocycles. The zero-order chi connectivity index (χ0) is 20.2. The van der Waals surface area contributed by atoms with Gasteiger partial charge in [0.15, 0.2) is 5.13 Å². The van der Waals surface area contributed by atoms with Crippen LogP contribution in [0.2, 0.25) is 0 Å². The van der Waals surface area contributed by atoms with Crippen molar-refractivity contribution >= 4 is 32.4 Å². The van der Waals surface area contributed by atoms with Gasteiger partial charge in [-0.15, -0.1) is 11.3 Å². The number of methoxy groups -OCH3 is 1. The standard InChI is InChI=1S/C24H21BrN2OS/c1-28-19-12-10-18(11-13-19)21(23-15-29-24(26)27-23)14-16-6-8-17(9-7-16)20-4-2-3-5-22(20)25/h2-13,15,21H,14H2,1H3,(H2,26,27)/t21-/m0/s1. The van der Waals surface area contributed by atoms with Crippen molar-refractivity contribution < 1.29 is 4.74 Å². The number of benzene rings is 3. The van der Waals surface area contributed by atoms with E-state index in [1.54, 1.807) is 7.11 Å². The van der Waals surface area contributed by atoms with Gasteiger partial charge in [-0.1, -0.05) is 70.5 Å². The van der Waals surface area contributed by atoms with Crippen LogP contribution in [0.15, 0.2) is 82.6 Å². The zero-order valence-corrected chi connectivity index (χ0v) is 18.4. The van der Waals surface area contributed by atoms with Crippen LogP contribution >= 0.6 is 27.3 Å². The highest BCUT2D eigenvalue weighted by Crippen LogP contribution is 2.33. The normalized spacial score (nSPS) is 11.9. The second-order valence-corrected chi connectivity index (χ2v) is 8.56. The Labute approximate surface area is 183 Å². The number of ether oxygens (including phenoxy) is 1. The number of halogens is 1. The molecule has 0 aliphatic heterocycles. The van der Waals surface area contributed by atoms with Crippen molar-refractivity contribution in [1.82, 2.24) is 4.98 Å². The fourth-order valence-corrected chi connectivity index (χ4v) is 4.57. The fourth-order valence-electron chi connectivity index (χ4n) is 3.44. The van der Waals surface area contributed by atoms with E-state index in [4.69, 9.17) is 10.5 Å². The van der Waals surface area contributed by atoms with Crippen LogP contribution in [0.4, 0.5) is 5.13 Å². The Balaban J connectivity index is 1.63. The summed E-state index contributed by atoms with van der Waals surface area (Å²) in [4.78, 5) is 4.56. The van der Waals surface area contributed by atoms with Crippen molar-refractivity contribution in [1.29, 1.82) is 0 Å². The lowest BCUT2D eigenvalue weighted by atomic mass is 9.89. The van der Waals surface area contributed by atoms with Gasteiger partial charge in [-0.25, -0.2) is 4.98 Å². The van der Waals surface area contributed by atoms with Crippen LogP contribution < -0.4 is 10.5 Å². The molecule has 1 heterocycles. The Kier molecular flexibility index (Phi) is 5.97. The summed E-state index contributed by atoms with van der Waals surface area (Å²) in [7, 11) is 1.68. The highest BCUT2D eigenvalue weighted by atomic mass is 79.9. The predicted octanol–water partition coefficient (Wildman–Crippen LogP) is 6.54. The van der Waals surface area contributed by atoms with E-state index in [0.717, 1.165) is 22.3 Å². The van der Waals surface area contributed by atoms with Crippen LogP contribution in [0.25, 0.3) is 11.1 Å². The van der Waals surface area contributed by atoms with Crippen molar-refractivity contribution in [3.8, 4) is 16.9 Å². The minimum Gasteiger partial charge on any atom is -0.497 e. The summed E-state index contributed by atoms with van der Waals surface area (Å²) in [5.41, 5.74) is 11.8. The molecule has 1 aromatic heterocycles. The number of hydrogen-bond acceptors (Lipinski definition) is 4. The highest BCUT2D eigenvalue weighted by Gasteiger charge is 2.18. The van der Waals surface area contributed by atoms with Crippen LogP contribution in [-0.4, -0.2) is 12.1 Å². The molecular formula is C24H21BrN2OS. The number of nitrogens with two attached hydrogens (primary N) is 1. The van der Waals surface area contributed by atoms with E-state index in [0.29, 0.717) is 5.13 Å². The summed E-state index contributed by atoms with van der Waals surface area (Å²) in [6, 6.07) is 25.2. The molecule has 0 radical (unpaired) electrons. The molecule has 0 aliphatic rings. The molecule has 2 N–H and O–H groups in total. The third-order valence-electron chi connectivity index (χ3n) is 4.99. The maximum atomic E-state index is 5.91. The lowest BCUT2D eigenvalue weighted by molar-refractivity contribution is 0.414. The van der Waals surface area contributed by atoms with Crippen molar-refractivity contribution in [3.05, 3.63) is 99.5 Å². The Morgan fingerprint density at radius 2 is 1.72 bits per heavy atom. The molecule has 0 bridgehead atoms.